The van der Waals surface area contributed by atoms with E-state index < -0.39 is 0 Å². The summed E-state index contributed by atoms with van der Waals surface area (Å²) < 4.78 is 2.05. The third-order valence-corrected chi connectivity index (χ3v) is 3.74. The Labute approximate surface area is 129 Å². The summed E-state index contributed by atoms with van der Waals surface area (Å²) in [4.78, 5) is 14.2. The van der Waals surface area contributed by atoms with E-state index in [1.807, 2.05) is 19.0 Å². The number of halogens is 1. The van der Waals surface area contributed by atoms with Crippen molar-refractivity contribution in [3.8, 4) is 0 Å². The first kappa shape index (κ1) is 17.2. The van der Waals surface area contributed by atoms with Crippen molar-refractivity contribution in [2.45, 2.75) is 39.8 Å². The number of hydrogen-bond donors (Lipinski definition) is 1. The molecule has 1 aromatic rings. The molecule has 20 heavy (non-hydrogen) atoms. The van der Waals surface area contributed by atoms with Crippen molar-refractivity contribution in [1.82, 2.24) is 14.7 Å². The number of hydrogen-bond acceptors (Lipinski definition) is 4. The topological polar surface area (TPSA) is 50.2 Å². The first-order valence-corrected chi connectivity index (χ1v) is 7.77. The molecule has 0 aliphatic carbocycles. The number of rotatable bonds is 7. The quantitative estimate of drug-likeness (QED) is 0.825. The summed E-state index contributed by atoms with van der Waals surface area (Å²) in [7, 11) is 3.95. The summed E-state index contributed by atoms with van der Waals surface area (Å²) in [6.07, 6.45) is 2.77. The van der Waals surface area contributed by atoms with E-state index in [2.05, 4.69) is 47.1 Å². The van der Waals surface area contributed by atoms with Gasteiger partial charge in [-0.05, 0) is 49.3 Å². The van der Waals surface area contributed by atoms with Gasteiger partial charge in [-0.25, -0.2) is 4.68 Å². The van der Waals surface area contributed by atoms with Crippen molar-refractivity contribution in [2.24, 2.45) is 5.92 Å². The van der Waals surface area contributed by atoms with E-state index in [9.17, 15) is 4.79 Å². The van der Waals surface area contributed by atoms with Crippen LogP contribution in [0.3, 0.4) is 0 Å². The van der Waals surface area contributed by atoms with Crippen LogP contribution in [0.4, 0.5) is 5.69 Å². The molecule has 0 radical (unpaired) electrons. The molecule has 114 valence electrons. The Balaban J connectivity index is 2.81. The Kier molecular flexibility index (Phi) is 6.68. The minimum Gasteiger partial charge on any atom is -0.380 e. The highest BCUT2D eigenvalue weighted by Crippen LogP contribution is 2.19. The minimum atomic E-state index is -0.0893. The second-order valence-corrected chi connectivity index (χ2v) is 6.67. The predicted octanol–water partition coefficient (Wildman–Crippen LogP) is 2.41. The first-order valence-electron chi connectivity index (χ1n) is 6.98. The predicted molar refractivity (Wildman–Crippen MR) is 87.3 cm³/mol. The second kappa shape index (κ2) is 7.78. The standard InChI is InChI=1S/C14H25BrN4O/c1-10(2)8-11(3)17-12-9-16-19(7-6-18(4)5)14(20)13(12)15/h9-11,17H,6-8H2,1-5H3. The van der Waals surface area contributed by atoms with Crippen molar-refractivity contribution >= 4 is 21.6 Å². The van der Waals surface area contributed by atoms with E-state index in [0.717, 1.165) is 18.7 Å². The van der Waals surface area contributed by atoms with Crippen molar-refractivity contribution in [1.29, 1.82) is 0 Å². The molecular weight excluding hydrogens is 320 g/mol. The fourth-order valence-electron chi connectivity index (χ4n) is 2.05. The van der Waals surface area contributed by atoms with Gasteiger partial charge in [0.1, 0.15) is 4.47 Å². The lowest BCUT2D eigenvalue weighted by Gasteiger charge is -2.18. The van der Waals surface area contributed by atoms with Crippen LogP contribution in [0.15, 0.2) is 15.5 Å². The van der Waals surface area contributed by atoms with Crippen LogP contribution in [-0.4, -0.2) is 41.4 Å². The van der Waals surface area contributed by atoms with Crippen LogP contribution in [-0.2, 0) is 6.54 Å². The third kappa shape index (κ3) is 5.25. The van der Waals surface area contributed by atoms with Crippen molar-refractivity contribution in [3.05, 3.63) is 21.0 Å². The zero-order valence-corrected chi connectivity index (χ0v) is 14.6. The molecule has 0 spiro atoms. The maximum Gasteiger partial charge on any atom is 0.283 e. The Morgan fingerprint density at radius 1 is 1.40 bits per heavy atom. The highest BCUT2D eigenvalue weighted by Gasteiger charge is 2.12. The molecule has 0 amide bonds. The largest absolute Gasteiger partial charge is 0.380 e. The maximum atomic E-state index is 12.2. The molecular formula is C14H25BrN4O. The highest BCUT2D eigenvalue weighted by atomic mass is 79.9. The van der Waals surface area contributed by atoms with Gasteiger partial charge in [0, 0.05) is 12.6 Å². The van der Waals surface area contributed by atoms with Crippen LogP contribution >= 0.6 is 15.9 Å². The molecule has 1 rings (SSSR count). The van der Waals surface area contributed by atoms with Gasteiger partial charge in [-0.15, -0.1) is 0 Å². The van der Waals surface area contributed by atoms with Crippen molar-refractivity contribution < 1.29 is 0 Å². The number of aromatic nitrogens is 2. The van der Waals surface area contributed by atoms with Crippen LogP contribution in [0, 0.1) is 5.92 Å². The zero-order valence-electron chi connectivity index (χ0n) is 13.0. The molecule has 0 saturated carbocycles. The molecule has 0 aromatic carbocycles. The fraction of sp³-hybridized carbons (Fsp3) is 0.714. The van der Waals surface area contributed by atoms with Crippen LogP contribution in [0.2, 0.25) is 0 Å². The average Bonchev–Trinajstić information content (AvgIpc) is 2.33. The number of nitrogens with one attached hydrogen (secondary N) is 1. The average molecular weight is 345 g/mol. The molecule has 1 unspecified atom stereocenters. The van der Waals surface area contributed by atoms with Crippen LogP contribution in [0.5, 0.6) is 0 Å². The van der Waals surface area contributed by atoms with E-state index in [0.29, 0.717) is 23.0 Å². The summed E-state index contributed by atoms with van der Waals surface area (Å²) in [5.74, 6) is 0.615. The van der Waals surface area contributed by atoms with Gasteiger partial charge in [-0.1, -0.05) is 13.8 Å². The van der Waals surface area contributed by atoms with E-state index >= 15 is 0 Å². The number of nitrogens with zero attached hydrogens (tertiary/aromatic N) is 3. The van der Waals surface area contributed by atoms with E-state index in [-0.39, 0.29) is 5.56 Å². The summed E-state index contributed by atoms with van der Waals surface area (Å²) in [5, 5.41) is 7.57. The normalized spacial score (nSPS) is 13.0. The Hall–Kier alpha value is -0.880. The SMILES string of the molecule is CC(C)CC(C)Nc1cnn(CCN(C)C)c(=O)c1Br. The molecule has 5 nitrogen and oxygen atoms in total. The lowest BCUT2D eigenvalue weighted by Crippen LogP contribution is -2.30. The van der Waals surface area contributed by atoms with Crippen LogP contribution in [0.1, 0.15) is 27.2 Å². The lowest BCUT2D eigenvalue weighted by molar-refractivity contribution is 0.367. The molecule has 0 bridgehead atoms. The minimum absolute atomic E-state index is 0.0893. The van der Waals surface area contributed by atoms with Gasteiger partial charge in [-0.3, -0.25) is 4.79 Å². The van der Waals surface area contributed by atoms with Gasteiger partial charge < -0.3 is 10.2 Å². The van der Waals surface area contributed by atoms with E-state index in [1.165, 1.54) is 4.68 Å². The van der Waals surface area contributed by atoms with E-state index in [4.69, 9.17) is 0 Å². The Bertz CT molecular complexity index is 485. The molecule has 0 fully saturated rings. The lowest BCUT2D eigenvalue weighted by atomic mass is 10.1. The molecule has 0 saturated heterocycles. The smallest absolute Gasteiger partial charge is 0.283 e. The van der Waals surface area contributed by atoms with Crippen molar-refractivity contribution in [2.75, 3.05) is 26.0 Å². The number of likely N-dealkylation sites (N-methyl/N-ethyl adjacent to an activating group) is 1. The zero-order chi connectivity index (χ0) is 15.3. The molecule has 1 aromatic heterocycles. The summed E-state index contributed by atoms with van der Waals surface area (Å²) >= 11 is 3.38. The van der Waals surface area contributed by atoms with Gasteiger partial charge in [0.2, 0.25) is 0 Å². The maximum absolute atomic E-state index is 12.2. The highest BCUT2D eigenvalue weighted by molar-refractivity contribution is 9.10. The van der Waals surface area contributed by atoms with Gasteiger partial charge in [0.15, 0.2) is 0 Å². The Morgan fingerprint density at radius 2 is 2.05 bits per heavy atom. The van der Waals surface area contributed by atoms with Gasteiger partial charge in [-0.2, -0.15) is 5.10 Å². The number of anilines is 1. The third-order valence-electron chi connectivity index (χ3n) is 2.97. The Morgan fingerprint density at radius 3 is 2.60 bits per heavy atom. The molecule has 1 atom stereocenters. The fourth-order valence-corrected chi connectivity index (χ4v) is 2.47. The molecule has 6 heteroatoms. The molecule has 0 aliphatic rings. The van der Waals surface area contributed by atoms with Crippen LogP contribution in [0.25, 0.3) is 0 Å². The van der Waals surface area contributed by atoms with E-state index in [1.54, 1.807) is 6.20 Å². The van der Waals surface area contributed by atoms with Gasteiger partial charge >= 0.3 is 0 Å². The van der Waals surface area contributed by atoms with Gasteiger partial charge in [0.25, 0.3) is 5.56 Å². The summed E-state index contributed by atoms with van der Waals surface area (Å²) in [5.41, 5.74) is 0.679. The first-order chi connectivity index (χ1) is 9.31. The van der Waals surface area contributed by atoms with Crippen molar-refractivity contribution in [3.63, 3.8) is 0 Å². The summed E-state index contributed by atoms with van der Waals surface area (Å²) in [6.45, 7) is 7.86. The summed E-state index contributed by atoms with van der Waals surface area (Å²) in [6, 6.07) is 0.310. The van der Waals surface area contributed by atoms with Crippen LogP contribution < -0.4 is 10.9 Å². The monoisotopic (exact) mass is 344 g/mol. The molecule has 0 aliphatic heterocycles. The molecule has 1 heterocycles. The second-order valence-electron chi connectivity index (χ2n) is 5.88. The van der Waals surface area contributed by atoms with Gasteiger partial charge in [0.05, 0.1) is 18.4 Å². The molecule has 1 N–H and O–H groups in total.